The largest absolute Gasteiger partial charge is 0.573 e. The van der Waals surface area contributed by atoms with Crippen LogP contribution < -0.4 is 10.1 Å². The fourth-order valence-electron chi connectivity index (χ4n) is 3.38. The van der Waals surface area contributed by atoms with Crippen LogP contribution in [-0.2, 0) is 10.3 Å². The molecule has 3 rings (SSSR count). The van der Waals surface area contributed by atoms with Gasteiger partial charge in [-0.3, -0.25) is 15.1 Å². The molecule has 29 heavy (non-hydrogen) atoms. The molecule has 2 heterocycles. The highest BCUT2D eigenvalue weighted by Gasteiger charge is 2.47. The minimum absolute atomic E-state index is 0.00617. The van der Waals surface area contributed by atoms with Crippen LogP contribution in [0.1, 0.15) is 18.2 Å². The van der Waals surface area contributed by atoms with Gasteiger partial charge in [0.2, 0.25) is 5.91 Å². The molecule has 1 fully saturated rings. The standard InChI is InChI=1S/C20H20F3N3O2S/c1-4-6-15-17(27)26(3)18(24)25-19(15,2)16-10-13(11-29-16)12-7-5-8-14(9-12)28-20(21,22)23/h4-5,7-11,15H,1,6H2,2-3H3,(H2,24,25)/t15-,19-/m0/s1. The van der Waals surface area contributed by atoms with Gasteiger partial charge in [-0.25, -0.2) is 0 Å². The first-order valence-electron chi connectivity index (χ1n) is 8.75. The quantitative estimate of drug-likeness (QED) is 0.684. The van der Waals surface area contributed by atoms with Crippen molar-refractivity contribution >= 4 is 23.2 Å². The number of carbonyl (C=O) groups is 1. The van der Waals surface area contributed by atoms with Crippen molar-refractivity contribution in [3.8, 4) is 16.9 Å². The van der Waals surface area contributed by atoms with E-state index < -0.39 is 17.8 Å². The first-order chi connectivity index (χ1) is 13.5. The normalized spacial score (nSPS) is 22.4. The summed E-state index contributed by atoms with van der Waals surface area (Å²) in [6, 6.07) is 7.56. The van der Waals surface area contributed by atoms with Crippen molar-refractivity contribution in [3.05, 3.63) is 53.2 Å². The molecule has 0 spiro atoms. The molecule has 2 atom stereocenters. The lowest BCUT2D eigenvalue weighted by atomic mass is 9.79. The number of nitrogens with one attached hydrogen (secondary N) is 2. The topological polar surface area (TPSA) is 65.4 Å². The van der Waals surface area contributed by atoms with Gasteiger partial charge in [0.1, 0.15) is 5.75 Å². The van der Waals surface area contributed by atoms with E-state index in [9.17, 15) is 18.0 Å². The van der Waals surface area contributed by atoms with Crippen molar-refractivity contribution in [1.82, 2.24) is 10.2 Å². The van der Waals surface area contributed by atoms with E-state index in [2.05, 4.69) is 16.6 Å². The zero-order valence-corrected chi connectivity index (χ0v) is 16.7. The molecule has 0 aliphatic carbocycles. The zero-order valence-electron chi connectivity index (χ0n) is 15.8. The van der Waals surface area contributed by atoms with Gasteiger partial charge in [-0.05, 0) is 48.1 Å². The number of rotatable bonds is 5. The van der Waals surface area contributed by atoms with Gasteiger partial charge in [0.25, 0.3) is 0 Å². The number of alkyl halides is 3. The molecule has 1 aromatic heterocycles. The van der Waals surface area contributed by atoms with Gasteiger partial charge in [-0.2, -0.15) is 0 Å². The summed E-state index contributed by atoms with van der Waals surface area (Å²) in [5, 5.41) is 13.0. The summed E-state index contributed by atoms with van der Waals surface area (Å²) in [5.74, 6) is -0.960. The number of thiophene rings is 1. The van der Waals surface area contributed by atoms with E-state index in [4.69, 9.17) is 5.41 Å². The Hall–Kier alpha value is -2.81. The molecule has 1 saturated heterocycles. The molecule has 9 heteroatoms. The van der Waals surface area contributed by atoms with Crippen LogP contribution in [0.25, 0.3) is 11.1 Å². The summed E-state index contributed by atoms with van der Waals surface area (Å²) in [6.45, 7) is 5.58. The van der Waals surface area contributed by atoms with Gasteiger partial charge in [-0.1, -0.05) is 18.2 Å². The van der Waals surface area contributed by atoms with E-state index in [1.54, 1.807) is 19.2 Å². The SMILES string of the molecule is C=CC[C@H]1C(=O)N(C)C(=N)N[C@]1(C)c1cc(-c2cccc(OC(F)(F)F)c2)cs1. The molecule has 154 valence electrons. The van der Waals surface area contributed by atoms with Crippen LogP contribution in [0.5, 0.6) is 5.75 Å². The van der Waals surface area contributed by atoms with E-state index in [0.29, 0.717) is 17.5 Å². The Labute approximate surface area is 170 Å². The van der Waals surface area contributed by atoms with Crippen molar-refractivity contribution in [2.45, 2.75) is 25.2 Å². The van der Waals surface area contributed by atoms with Crippen molar-refractivity contribution in [1.29, 1.82) is 5.41 Å². The molecular weight excluding hydrogens is 403 g/mol. The average Bonchev–Trinajstić information content (AvgIpc) is 3.13. The lowest BCUT2D eigenvalue weighted by Crippen LogP contribution is -2.63. The molecule has 1 amide bonds. The Kier molecular flexibility index (Phi) is 5.44. The Balaban J connectivity index is 1.96. The summed E-state index contributed by atoms with van der Waals surface area (Å²) in [6.07, 6.45) is -2.68. The van der Waals surface area contributed by atoms with Crippen molar-refractivity contribution in [2.75, 3.05) is 7.05 Å². The average molecular weight is 423 g/mol. The van der Waals surface area contributed by atoms with Gasteiger partial charge < -0.3 is 10.1 Å². The van der Waals surface area contributed by atoms with Crippen LogP contribution in [0.15, 0.2) is 48.4 Å². The number of hydrogen-bond acceptors (Lipinski definition) is 4. The molecule has 0 saturated carbocycles. The minimum Gasteiger partial charge on any atom is -0.406 e. The minimum atomic E-state index is -4.76. The predicted molar refractivity (Wildman–Crippen MR) is 106 cm³/mol. The smallest absolute Gasteiger partial charge is 0.406 e. The fraction of sp³-hybridized carbons (Fsp3) is 0.300. The molecule has 1 aliphatic heterocycles. The highest BCUT2D eigenvalue weighted by molar-refractivity contribution is 7.10. The van der Waals surface area contributed by atoms with Crippen molar-refractivity contribution < 1.29 is 22.7 Å². The zero-order chi connectivity index (χ0) is 21.4. The second-order valence-corrected chi connectivity index (χ2v) is 7.84. The molecular formula is C20H20F3N3O2S. The van der Waals surface area contributed by atoms with Gasteiger partial charge in [0, 0.05) is 11.9 Å². The first-order valence-corrected chi connectivity index (χ1v) is 9.63. The van der Waals surface area contributed by atoms with Crippen LogP contribution in [-0.4, -0.2) is 30.2 Å². The molecule has 2 aromatic rings. The first kappa shape index (κ1) is 20.9. The number of halogens is 3. The van der Waals surface area contributed by atoms with E-state index in [1.807, 2.05) is 18.4 Å². The molecule has 0 bridgehead atoms. The second-order valence-electron chi connectivity index (χ2n) is 6.93. The summed E-state index contributed by atoms with van der Waals surface area (Å²) < 4.78 is 41.5. The van der Waals surface area contributed by atoms with E-state index >= 15 is 0 Å². The lowest BCUT2D eigenvalue weighted by Gasteiger charge is -2.44. The Morgan fingerprint density at radius 1 is 1.38 bits per heavy atom. The summed E-state index contributed by atoms with van der Waals surface area (Å²) in [5.41, 5.74) is 0.432. The van der Waals surface area contributed by atoms with E-state index in [-0.39, 0.29) is 17.6 Å². The highest BCUT2D eigenvalue weighted by Crippen LogP contribution is 2.41. The summed E-state index contributed by atoms with van der Waals surface area (Å²) >= 11 is 1.38. The number of hydrogen-bond donors (Lipinski definition) is 2. The maximum atomic E-state index is 12.7. The third-order valence-corrected chi connectivity index (χ3v) is 6.12. The van der Waals surface area contributed by atoms with Crippen LogP contribution in [0.4, 0.5) is 13.2 Å². The summed E-state index contributed by atoms with van der Waals surface area (Å²) in [4.78, 5) is 14.8. The monoisotopic (exact) mass is 423 g/mol. The molecule has 5 nitrogen and oxygen atoms in total. The van der Waals surface area contributed by atoms with Crippen LogP contribution in [0.3, 0.4) is 0 Å². The molecule has 2 N–H and O–H groups in total. The van der Waals surface area contributed by atoms with Gasteiger partial charge >= 0.3 is 6.36 Å². The number of carbonyl (C=O) groups excluding carboxylic acids is 1. The number of allylic oxidation sites excluding steroid dienone is 1. The van der Waals surface area contributed by atoms with Gasteiger partial charge in [0.05, 0.1) is 11.5 Å². The lowest BCUT2D eigenvalue weighted by molar-refractivity contribution is -0.274. The van der Waals surface area contributed by atoms with E-state index in [1.165, 1.54) is 34.4 Å². The molecule has 0 radical (unpaired) electrons. The second kappa shape index (κ2) is 7.55. The Morgan fingerprint density at radius 2 is 2.10 bits per heavy atom. The number of guanidine groups is 1. The number of ether oxygens (including phenoxy) is 1. The Bertz CT molecular complexity index is 956. The number of benzene rings is 1. The van der Waals surface area contributed by atoms with Crippen molar-refractivity contribution in [3.63, 3.8) is 0 Å². The fourth-order valence-corrected chi connectivity index (χ4v) is 4.47. The maximum Gasteiger partial charge on any atom is 0.573 e. The van der Waals surface area contributed by atoms with Crippen LogP contribution in [0.2, 0.25) is 0 Å². The third kappa shape index (κ3) is 4.14. The van der Waals surface area contributed by atoms with Gasteiger partial charge in [-0.15, -0.1) is 31.1 Å². The van der Waals surface area contributed by atoms with Crippen molar-refractivity contribution in [2.24, 2.45) is 5.92 Å². The van der Waals surface area contributed by atoms with Gasteiger partial charge in [0.15, 0.2) is 5.96 Å². The predicted octanol–water partition coefficient (Wildman–Crippen LogP) is 4.72. The Morgan fingerprint density at radius 3 is 2.76 bits per heavy atom. The highest BCUT2D eigenvalue weighted by atomic mass is 32.1. The molecule has 0 unspecified atom stereocenters. The summed E-state index contributed by atoms with van der Waals surface area (Å²) in [7, 11) is 1.54. The van der Waals surface area contributed by atoms with E-state index in [0.717, 1.165) is 4.88 Å². The number of amides is 1. The molecule has 1 aliphatic rings. The molecule has 1 aromatic carbocycles. The van der Waals surface area contributed by atoms with Crippen LogP contribution >= 0.6 is 11.3 Å². The third-order valence-electron chi connectivity index (χ3n) is 4.95. The number of nitrogens with zero attached hydrogens (tertiary/aromatic N) is 1. The van der Waals surface area contributed by atoms with Crippen LogP contribution in [0, 0.1) is 11.3 Å². The maximum absolute atomic E-state index is 12.7.